The van der Waals surface area contributed by atoms with E-state index in [1.54, 1.807) is 43.5 Å². The molecule has 0 saturated heterocycles. The summed E-state index contributed by atoms with van der Waals surface area (Å²) >= 11 is 0. The number of nitrogens with one attached hydrogen (secondary N) is 1. The number of furan rings is 1. The van der Waals surface area contributed by atoms with Crippen LogP contribution in [-0.2, 0) is 11.2 Å². The fourth-order valence-electron chi connectivity index (χ4n) is 1.98. The van der Waals surface area contributed by atoms with Gasteiger partial charge in [-0.15, -0.1) is 0 Å². The van der Waals surface area contributed by atoms with E-state index in [-0.39, 0.29) is 12.3 Å². The highest BCUT2D eigenvalue weighted by molar-refractivity contribution is 5.90. The van der Waals surface area contributed by atoms with Crippen molar-refractivity contribution >= 4 is 11.6 Å². The molecule has 1 N–H and O–H groups in total. The molecule has 3 rings (SSSR count). The van der Waals surface area contributed by atoms with Crippen molar-refractivity contribution in [1.29, 1.82) is 0 Å². The zero-order chi connectivity index (χ0) is 16.1. The van der Waals surface area contributed by atoms with Gasteiger partial charge in [-0.25, -0.2) is 0 Å². The van der Waals surface area contributed by atoms with Gasteiger partial charge in [-0.05, 0) is 36.4 Å². The summed E-state index contributed by atoms with van der Waals surface area (Å²) in [7, 11) is 1.59. The van der Waals surface area contributed by atoms with Gasteiger partial charge in [0.2, 0.25) is 17.6 Å². The third-order valence-electron chi connectivity index (χ3n) is 3.15. The van der Waals surface area contributed by atoms with Crippen LogP contribution in [0.4, 0.5) is 5.69 Å². The molecule has 0 fully saturated rings. The van der Waals surface area contributed by atoms with E-state index in [1.165, 1.54) is 6.26 Å². The van der Waals surface area contributed by atoms with Gasteiger partial charge in [0, 0.05) is 18.5 Å². The number of aromatic nitrogens is 2. The lowest BCUT2D eigenvalue weighted by atomic mass is 10.2. The highest BCUT2D eigenvalue weighted by atomic mass is 16.5. The topological polar surface area (TPSA) is 90.4 Å². The molecular weight excluding hydrogens is 298 g/mol. The van der Waals surface area contributed by atoms with Gasteiger partial charge >= 0.3 is 0 Å². The summed E-state index contributed by atoms with van der Waals surface area (Å²) in [5.74, 6) is 1.90. The Morgan fingerprint density at radius 2 is 2.09 bits per heavy atom. The Bertz CT molecular complexity index is 763. The van der Waals surface area contributed by atoms with Crippen molar-refractivity contribution in [3.05, 3.63) is 48.6 Å². The maximum absolute atomic E-state index is 11.9. The Morgan fingerprint density at radius 1 is 1.26 bits per heavy atom. The van der Waals surface area contributed by atoms with Gasteiger partial charge in [-0.2, -0.15) is 4.98 Å². The zero-order valence-electron chi connectivity index (χ0n) is 12.5. The van der Waals surface area contributed by atoms with Crippen molar-refractivity contribution in [3.8, 4) is 17.3 Å². The number of carbonyl (C=O) groups excluding carboxylic acids is 1. The lowest BCUT2D eigenvalue weighted by Gasteiger charge is -2.05. The molecule has 7 heteroatoms. The molecule has 0 saturated carbocycles. The van der Waals surface area contributed by atoms with E-state index in [1.807, 2.05) is 0 Å². The molecule has 2 heterocycles. The Labute approximate surface area is 132 Å². The van der Waals surface area contributed by atoms with Gasteiger partial charge in [0.1, 0.15) is 5.75 Å². The van der Waals surface area contributed by atoms with Crippen molar-refractivity contribution in [2.75, 3.05) is 12.4 Å². The van der Waals surface area contributed by atoms with Gasteiger partial charge in [-0.1, -0.05) is 5.16 Å². The average Bonchev–Trinajstić information content (AvgIpc) is 3.25. The fraction of sp³-hybridized carbons (Fsp3) is 0.188. The second-order valence-corrected chi connectivity index (χ2v) is 4.77. The second kappa shape index (κ2) is 6.78. The number of hydrogen-bond acceptors (Lipinski definition) is 6. The first-order chi connectivity index (χ1) is 11.2. The predicted octanol–water partition coefficient (Wildman–Crippen LogP) is 2.91. The Kier molecular flexibility index (Phi) is 4.37. The molecular formula is C16H15N3O4. The molecule has 0 aliphatic heterocycles. The quantitative estimate of drug-likeness (QED) is 0.752. The summed E-state index contributed by atoms with van der Waals surface area (Å²) in [5.41, 5.74) is 0.706. The average molecular weight is 313 g/mol. The summed E-state index contributed by atoms with van der Waals surface area (Å²) in [6.45, 7) is 0. The number of amides is 1. The molecule has 0 aliphatic rings. The molecule has 0 bridgehead atoms. The van der Waals surface area contributed by atoms with E-state index in [0.717, 1.165) is 5.75 Å². The van der Waals surface area contributed by atoms with E-state index in [0.29, 0.717) is 29.6 Å². The molecule has 0 radical (unpaired) electrons. The molecule has 1 amide bonds. The highest BCUT2D eigenvalue weighted by Gasteiger charge is 2.12. The number of rotatable bonds is 6. The van der Waals surface area contributed by atoms with Crippen LogP contribution in [0.5, 0.6) is 5.75 Å². The SMILES string of the molecule is COc1ccc(NC(=O)CCc2nc(-c3ccco3)no2)cc1. The molecule has 0 unspecified atom stereocenters. The van der Waals surface area contributed by atoms with E-state index in [2.05, 4.69) is 15.5 Å². The number of benzene rings is 1. The smallest absolute Gasteiger partial charge is 0.238 e. The standard InChI is InChI=1S/C16H15N3O4/c1-21-12-6-4-11(5-7-12)17-14(20)8-9-15-18-16(19-23-15)13-3-2-10-22-13/h2-7,10H,8-9H2,1H3,(H,17,20). The van der Waals surface area contributed by atoms with Crippen LogP contribution in [0, 0.1) is 0 Å². The van der Waals surface area contributed by atoms with Crippen molar-refractivity contribution in [2.45, 2.75) is 12.8 Å². The number of carbonyl (C=O) groups is 1. The van der Waals surface area contributed by atoms with E-state index >= 15 is 0 Å². The van der Waals surface area contributed by atoms with Crippen LogP contribution in [0.3, 0.4) is 0 Å². The molecule has 2 aromatic heterocycles. The van der Waals surface area contributed by atoms with Gasteiger partial charge in [0.05, 0.1) is 13.4 Å². The number of nitrogens with zero attached hydrogens (tertiary/aromatic N) is 2. The summed E-state index contributed by atoms with van der Waals surface area (Å²) in [5, 5.41) is 6.61. The third kappa shape index (κ3) is 3.76. The molecule has 118 valence electrons. The fourth-order valence-corrected chi connectivity index (χ4v) is 1.98. The first-order valence-corrected chi connectivity index (χ1v) is 7.05. The summed E-state index contributed by atoms with van der Waals surface area (Å²) in [4.78, 5) is 16.1. The number of anilines is 1. The summed E-state index contributed by atoms with van der Waals surface area (Å²) in [6, 6.07) is 10.6. The lowest BCUT2D eigenvalue weighted by Crippen LogP contribution is -2.12. The molecule has 3 aromatic rings. The van der Waals surface area contributed by atoms with Gasteiger partial charge in [-0.3, -0.25) is 4.79 Å². The normalized spacial score (nSPS) is 10.5. The van der Waals surface area contributed by atoms with Crippen molar-refractivity contribution in [3.63, 3.8) is 0 Å². The highest BCUT2D eigenvalue weighted by Crippen LogP contribution is 2.17. The number of hydrogen-bond donors (Lipinski definition) is 1. The van der Waals surface area contributed by atoms with Crippen LogP contribution in [0.1, 0.15) is 12.3 Å². The van der Waals surface area contributed by atoms with Gasteiger partial charge in [0.25, 0.3) is 0 Å². The van der Waals surface area contributed by atoms with Crippen LogP contribution in [0.2, 0.25) is 0 Å². The maximum atomic E-state index is 11.9. The summed E-state index contributed by atoms with van der Waals surface area (Å²) in [6.07, 6.45) is 2.13. The van der Waals surface area contributed by atoms with Crippen LogP contribution >= 0.6 is 0 Å². The van der Waals surface area contributed by atoms with Crippen LogP contribution in [0.25, 0.3) is 11.6 Å². The molecule has 1 aromatic carbocycles. The molecule has 7 nitrogen and oxygen atoms in total. The number of ether oxygens (including phenoxy) is 1. The van der Waals surface area contributed by atoms with Crippen molar-refractivity contribution in [2.24, 2.45) is 0 Å². The van der Waals surface area contributed by atoms with E-state index < -0.39 is 0 Å². The molecule has 0 spiro atoms. The van der Waals surface area contributed by atoms with Gasteiger partial charge < -0.3 is 19.0 Å². The minimum absolute atomic E-state index is 0.132. The molecule has 23 heavy (non-hydrogen) atoms. The third-order valence-corrected chi connectivity index (χ3v) is 3.15. The second-order valence-electron chi connectivity index (χ2n) is 4.77. The largest absolute Gasteiger partial charge is 0.497 e. The van der Waals surface area contributed by atoms with E-state index in [4.69, 9.17) is 13.7 Å². The number of aryl methyl sites for hydroxylation is 1. The van der Waals surface area contributed by atoms with Gasteiger partial charge in [0.15, 0.2) is 5.76 Å². The zero-order valence-corrected chi connectivity index (χ0v) is 12.5. The lowest BCUT2D eigenvalue weighted by molar-refractivity contribution is -0.116. The Morgan fingerprint density at radius 3 is 2.78 bits per heavy atom. The molecule has 0 atom stereocenters. The minimum Gasteiger partial charge on any atom is -0.497 e. The Hall–Kier alpha value is -3.09. The first-order valence-electron chi connectivity index (χ1n) is 7.05. The summed E-state index contributed by atoms with van der Waals surface area (Å²) < 4.78 is 15.3. The van der Waals surface area contributed by atoms with Crippen LogP contribution in [0.15, 0.2) is 51.6 Å². The number of methoxy groups -OCH3 is 1. The van der Waals surface area contributed by atoms with Crippen molar-refractivity contribution in [1.82, 2.24) is 10.1 Å². The first kappa shape index (κ1) is 14.8. The predicted molar refractivity (Wildman–Crippen MR) is 81.9 cm³/mol. The minimum atomic E-state index is -0.132. The maximum Gasteiger partial charge on any atom is 0.238 e. The van der Waals surface area contributed by atoms with Crippen LogP contribution in [-0.4, -0.2) is 23.2 Å². The van der Waals surface area contributed by atoms with Crippen molar-refractivity contribution < 1.29 is 18.5 Å². The van der Waals surface area contributed by atoms with Crippen LogP contribution < -0.4 is 10.1 Å². The monoisotopic (exact) mass is 313 g/mol. The molecule has 0 aliphatic carbocycles. The Balaban J connectivity index is 1.52. The van der Waals surface area contributed by atoms with E-state index in [9.17, 15) is 4.79 Å².